The van der Waals surface area contributed by atoms with Gasteiger partial charge in [0.25, 0.3) is 0 Å². The van der Waals surface area contributed by atoms with E-state index < -0.39 is 18.6 Å². The first-order chi connectivity index (χ1) is 10.2. The zero-order valence-corrected chi connectivity index (χ0v) is 12.7. The predicted molar refractivity (Wildman–Crippen MR) is 74.9 cm³/mol. The maximum atomic E-state index is 12.0. The van der Waals surface area contributed by atoms with Crippen LogP contribution in [0.4, 0.5) is 13.2 Å². The molecular weight excluding hydrogens is 301 g/mol. The number of likely N-dealkylation sites (N-methyl/N-ethyl adjacent to an activating group) is 1. The second-order valence-electron chi connectivity index (χ2n) is 4.75. The standard InChI is InChI=1S/C14H19F3N2O3/c1-19(8-13(20)18-9-14(15,16)17)7-10-4-5-11(21-2)12(6-10)22-3/h4-6H,7-9H2,1-3H3,(H,18,20). The number of alkyl halides is 3. The van der Waals surface area contributed by atoms with E-state index in [4.69, 9.17) is 9.47 Å². The minimum Gasteiger partial charge on any atom is -0.493 e. The number of halogens is 3. The smallest absolute Gasteiger partial charge is 0.405 e. The van der Waals surface area contributed by atoms with E-state index in [9.17, 15) is 18.0 Å². The number of rotatable bonds is 7. The lowest BCUT2D eigenvalue weighted by Crippen LogP contribution is -2.39. The van der Waals surface area contributed by atoms with Gasteiger partial charge in [0, 0.05) is 6.54 Å². The summed E-state index contributed by atoms with van der Waals surface area (Å²) in [5.41, 5.74) is 0.851. The van der Waals surface area contributed by atoms with Crippen molar-refractivity contribution in [1.82, 2.24) is 10.2 Å². The minimum atomic E-state index is -4.41. The van der Waals surface area contributed by atoms with Crippen LogP contribution in [0, 0.1) is 0 Å². The number of hydrogen-bond donors (Lipinski definition) is 1. The van der Waals surface area contributed by atoms with Gasteiger partial charge in [0.2, 0.25) is 5.91 Å². The van der Waals surface area contributed by atoms with E-state index in [1.54, 1.807) is 30.1 Å². The molecule has 0 aliphatic heterocycles. The van der Waals surface area contributed by atoms with Gasteiger partial charge in [-0.05, 0) is 24.7 Å². The Kier molecular flexibility index (Phi) is 6.48. The molecule has 124 valence electrons. The molecular formula is C14H19F3N2O3. The Morgan fingerprint density at radius 3 is 2.41 bits per heavy atom. The van der Waals surface area contributed by atoms with Crippen molar-refractivity contribution in [2.24, 2.45) is 0 Å². The number of nitrogens with zero attached hydrogens (tertiary/aromatic N) is 1. The van der Waals surface area contributed by atoms with Crippen molar-refractivity contribution >= 4 is 5.91 Å². The molecule has 0 atom stereocenters. The Morgan fingerprint density at radius 2 is 1.86 bits per heavy atom. The Hall–Kier alpha value is -1.96. The maximum absolute atomic E-state index is 12.0. The van der Waals surface area contributed by atoms with Crippen LogP contribution in [-0.4, -0.2) is 51.3 Å². The summed E-state index contributed by atoms with van der Waals surface area (Å²) in [6, 6.07) is 5.28. The van der Waals surface area contributed by atoms with Crippen LogP contribution >= 0.6 is 0 Å². The van der Waals surface area contributed by atoms with Gasteiger partial charge in [0.1, 0.15) is 6.54 Å². The molecule has 22 heavy (non-hydrogen) atoms. The monoisotopic (exact) mass is 320 g/mol. The van der Waals surface area contributed by atoms with Gasteiger partial charge in [-0.15, -0.1) is 0 Å². The first kappa shape index (κ1) is 18.1. The quantitative estimate of drug-likeness (QED) is 0.832. The summed E-state index contributed by atoms with van der Waals surface area (Å²) in [5.74, 6) is 0.451. The van der Waals surface area contributed by atoms with E-state index in [-0.39, 0.29) is 6.54 Å². The largest absolute Gasteiger partial charge is 0.493 e. The normalized spacial score (nSPS) is 11.4. The number of carbonyl (C=O) groups excluding carboxylic acids is 1. The number of carbonyl (C=O) groups is 1. The minimum absolute atomic E-state index is 0.134. The van der Waals surface area contributed by atoms with Gasteiger partial charge in [-0.25, -0.2) is 0 Å². The van der Waals surface area contributed by atoms with E-state index in [0.717, 1.165) is 5.56 Å². The molecule has 5 nitrogen and oxygen atoms in total. The van der Waals surface area contributed by atoms with Gasteiger partial charge >= 0.3 is 6.18 Å². The highest BCUT2D eigenvalue weighted by Crippen LogP contribution is 2.27. The fraction of sp³-hybridized carbons (Fsp3) is 0.500. The number of nitrogens with one attached hydrogen (secondary N) is 1. The lowest BCUT2D eigenvalue weighted by molar-refractivity contribution is -0.138. The van der Waals surface area contributed by atoms with Crippen molar-refractivity contribution < 1.29 is 27.4 Å². The molecule has 0 heterocycles. The molecule has 0 bridgehead atoms. The van der Waals surface area contributed by atoms with Crippen molar-refractivity contribution in [2.75, 3.05) is 34.4 Å². The summed E-state index contributed by atoms with van der Waals surface area (Å²) in [6.45, 7) is -1.07. The molecule has 0 aliphatic rings. The highest BCUT2D eigenvalue weighted by molar-refractivity contribution is 5.78. The van der Waals surface area contributed by atoms with Crippen LogP contribution in [0.25, 0.3) is 0 Å². The molecule has 1 aromatic carbocycles. The molecule has 0 spiro atoms. The van der Waals surface area contributed by atoms with Gasteiger partial charge in [0.05, 0.1) is 20.8 Å². The first-order valence-electron chi connectivity index (χ1n) is 6.48. The number of benzene rings is 1. The molecule has 1 rings (SSSR count). The molecule has 0 saturated heterocycles. The van der Waals surface area contributed by atoms with Gasteiger partial charge in [-0.2, -0.15) is 13.2 Å². The summed E-state index contributed by atoms with van der Waals surface area (Å²) in [4.78, 5) is 13.0. The van der Waals surface area contributed by atoms with Crippen molar-refractivity contribution in [2.45, 2.75) is 12.7 Å². The summed E-state index contributed by atoms with van der Waals surface area (Å²) in [7, 11) is 4.68. The number of hydrogen-bond acceptors (Lipinski definition) is 4. The van der Waals surface area contributed by atoms with Gasteiger partial charge in [0.15, 0.2) is 11.5 Å². The molecule has 0 radical (unpaired) electrons. The zero-order valence-electron chi connectivity index (χ0n) is 12.7. The Morgan fingerprint density at radius 1 is 1.23 bits per heavy atom. The highest BCUT2D eigenvalue weighted by atomic mass is 19.4. The van der Waals surface area contributed by atoms with E-state index in [1.165, 1.54) is 14.2 Å². The molecule has 0 aliphatic carbocycles. The van der Waals surface area contributed by atoms with Crippen LogP contribution in [0.1, 0.15) is 5.56 Å². The van der Waals surface area contributed by atoms with Crippen LogP contribution < -0.4 is 14.8 Å². The van der Waals surface area contributed by atoms with Crippen molar-refractivity contribution in [3.05, 3.63) is 23.8 Å². The molecule has 0 fully saturated rings. The average molecular weight is 320 g/mol. The van der Waals surface area contributed by atoms with E-state index in [1.807, 2.05) is 5.32 Å². The lowest BCUT2D eigenvalue weighted by Gasteiger charge is -2.18. The number of methoxy groups -OCH3 is 2. The van der Waals surface area contributed by atoms with E-state index in [2.05, 4.69) is 0 Å². The number of ether oxygens (including phenoxy) is 2. The summed E-state index contributed by atoms with van der Waals surface area (Å²) in [6.07, 6.45) is -4.41. The second-order valence-corrected chi connectivity index (χ2v) is 4.75. The van der Waals surface area contributed by atoms with Gasteiger partial charge in [-0.3, -0.25) is 9.69 Å². The van der Waals surface area contributed by atoms with E-state index in [0.29, 0.717) is 18.0 Å². The summed E-state index contributed by atoms with van der Waals surface area (Å²) < 4.78 is 46.3. The molecule has 1 aromatic rings. The molecule has 8 heteroatoms. The second kappa shape index (κ2) is 7.88. The van der Waals surface area contributed by atoms with Gasteiger partial charge in [-0.1, -0.05) is 6.07 Å². The SMILES string of the molecule is COc1ccc(CN(C)CC(=O)NCC(F)(F)F)cc1OC. The third-order valence-corrected chi connectivity index (χ3v) is 2.80. The first-order valence-corrected chi connectivity index (χ1v) is 6.48. The fourth-order valence-corrected chi connectivity index (χ4v) is 1.85. The maximum Gasteiger partial charge on any atom is 0.405 e. The molecule has 0 unspecified atom stereocenters. The third kappa shape index (κ3) is 6.21. The van der Waals surface area contributed by atoms with Crippen LogP contribution in [0.3, 0.4) is 0 Å². The Bertz CT molecular complexity index is 507. The third-order valence-electron chi connectivity index (χ3n) is 2.80. The van der Waals surface area contributed by atoms with E-state index >= 15 is 0 Å². The summed E-state index contributed by atoms with van der Waals surface area (Å²) in [5, 5.41) is 1.83. The van der Waals surface area contributed by atoms with Crippen molar-refractivity contribution in [3.63, 3.8) is 0 Å². The lowest BCUT2D eigenvalue weighted by atomic mass is 10.2. The molecule has 0 saturated carbocycles. The van der Waals surface area contributed by atoms with Crippen LogP contribution in [0.5, 0.6) is 11.5 Å². The topological polar surface area (TPSA) is 50.8 Å². The Balaban J connectivity index is 2.54. The van der Waals surface area contributed by atoms with Crippen molar-refractivity contribution in [3.8, 4) is 11.5 Å². The highest BCUT2D eigenvalue weighted by Gasteiger charge is 2.27. The molecule has 1 amide bonds. The Labute approximate surface area is 127 Å². The fourth-order valence-electron chi connectivity index (χ4n) is 1.85. The van der Waals surface area contributed by atoms with Crippen LogP contribution in [-0.2, 0) is 11.3 Å². The average Bonchev–Trinajstić information content (AvgIpc) is 2.44. The zero-order chi connectivity index (χ0) is 16.8. The molecule has 0 aromatic heterocycles. The van der Waals surface area contributed by atoms with Crippen LogP contribution in [0.15, 0.2) is 18.2 Å². The van der Waals surface area contributed by atoms with Crippen molar-refractivity contribution in [1.29, 1.82) is 0 Å². The van der Waals surface area contributed by atoms with Crippen LogP contribution in [0.2, 0.25) is 0 Å². The summed E-state index contributed by atoms with van der Waals surface area (Å²) >= 11 is 0. The molecule has 1 N–H and O–H groups in total. The number of amides is 1. The van der Waals surface area contributed by atoms with Gasteiger partial charge < -0.3 is 14.8 Å². The predicted octanol–water partition coefficient (Wildman–Crippen LogP) is 1.81.